The number of alkyl halides is 2. The van der Waals surface area contributed by atoms with E-state index in [1.54, 1.807) is 24.0 Å². The van der Waals surface area contributed by atoms with Gasteiger partial charge in [0.2, 0.25) is 5.89 Å². The Kier molecular flexibility index (Phi) is 6.61. The maximum absolute atomic E-state index is 13.2. The summed E-state index contributed by atoms with van der Waals surface area (Å²) in [6.45, 7) is 3.07. The van der Waals surface area contributed by atoms with Crippen LogP contribution in [0.2, 0.25) is 0 Å². The van der Waals surface area contributed by atoms with Gasteiger partial charge in [-0.3, -0.25) is 4.79 Å². The van der Waals surface area contributed by atoms with Crippen molar-refractivity contribution in [2.75, 3.05) is 26.2 Å². The van der Waals surface area contributed by atoms with Gasteiger partial charge in [0.05, 0.1) is 12.6 Å². The van der Waals surface area contributed by atoms with Crippen LogP contribution in [0.25, 0.3) is 11.5 Å². The Bertz CT molecular complexity index is 961. The predicted octanol–water partition coefficient (Wildman–Crippen LogP) is 3.19. The highest BCUT2D eigenvalue weighted by molar-refractivity contribution is 5.94. The Morgan fingerprint density at radius 1 is 1.38 bits per heavy atom. The molecule has 2 aliphatic rings. The number of nitrogens with zero attached hydrogens (tertiary/aromatic N) is 2. The van der Waals surface area contributed by atoms with Crippen molar-refractivity contribution < 1.29 is 27.5 Å². The minimum atomic E-state index is -2.97. The summed E-state index contributed by atoms with van der Waals surface area (Å²) in [5, 5.41) is 3.25. The van der Waals surface area contributed by atoms with Gasteiger partial charge >= 0.3 is 6.61 Å². The molecule has 32 heavy (non-hydrogen) atoms. The first kappa shape index (κ1) is 22.5. The summed E-state index contributed by atoms with van der Waals surface area (Å²) < 4.78 is 41.8. The molecule has 0 radical (unpaired) electrons. The molecular formula is C22H28F2N4O4. The molecular weight excluding hydrogens is 422 g/mol. The van der Waals surface area contributed by atoms with Gasteiger partial charge in [-0.05, 0) is 50.8 Å². The normalized spacial score (nSPS) is 19.8. The Morgan fingerprint density at radius 2 is 2.16 bits per heavy atom. The van der Waals surface area contributed by atoms with Crippen molar-refractivity contribution in [3.8, 4) is 23.0 Å². The molecule has 1 saturated heterocycles. The molecule has 1 saturated carbocycles. The second kappa shape index (κ2) is 9.41. The highest BCUT2D eigenvalue weighted by atomic mass is 19.3. The number of hydrogen-bond acceptors (Lipinski definition) is 7. The molecule has 0 spiro atoms. The van der Waals surface area contributed by atoms with Crippen molar-refractivity contribution in [3.63, 3.8) is 0 Å². The average molecular weight is 450 g/mol. The topological polar surface area (TPSA) is 103 Å². The highest BCUT2D eigenvalue weighted by Crippen LogP contribution is 2.37. The standard InChI is InChI=1S/C22H28F2N4O4/c1-12-10-26-7-8-28(12)21(29)18-19(13(2)25)32-20(27-18)15-5-6-16(31-22(23)24)17(9-15)30-11-14-3-4-14/h5-6,9,12-14,22,26H,3-4,7-8,10-11,25H2,1-2H3. The van der Waals surface area contributed by atoms with Crippen LogP contribution < -0.4 is 20.5 Å². The van der Waals surface area contributed by atoms with Crippen molar-refractivity contribution in [2.24, 2.45) is 11.7 Å². The maximum Gasteiger partial charge on any atom is 0.387 e. The quantitative estimate of drug-likeness (QED) is 0.637. The SMILES string of the molecule is CC(N)c1oc(-c2ccc(OC(F)F)c(OCC3CC3)c2)nc1C(=O)N1CCNCC1C. The van der Waals surface area contributed by atoms with Crippen molar-refractivity contribution >= 4 is 5.91 Å². The van der Waals surface area contributed by atoms with Gasteiger partial charge in [0, 0.05) is 31.2 Å². The van der Waals surface area contributed by atoms with Crippen LogP contribution in [-0.2, 0) is 0 Å². The van der Waals surface area contributed by atoms with E-state index in [0.717, 1.165) is 12.8 Å². The minimum Gasteiger partial charge on any atom is -0.489 e. The smallest absolute Gasteiger partial charge is 0.387 e. The number of halogens is 2. The summed E-state index contributed by atoms with van der Waals surface area (Å²) in [4.78, 5) is 19.4. The first-order valence-corrected chi connectivity index (χ1v) is 10.8. The number of nitrogens with two attached hydrogens (primary N) is 1. The zero-order chi connectivity index (χ0) is 22.8. The first-order valence-electron chi connectivity index (χ1n) is 10.8. The largest absolute Gasteiger partial charge is 0.489 e. The van der Waals surface area contributed by atoms with E-state index in [1.165, 1.54) is 6.07 Å². The molecule has 174 valence electrons. The lowest BCUT2D eigenvalue weighted by Gasteiger charge is -2.33. The van der Waals surface area contributed by atoms with Gasteiger partial charge in [-0.15, -0.1) is 0 Å². The first-order chi connectivity index (χ1) is 15.3. The van der Waals surface area contributed by atoms with Crippen LogP contribution in [-0.4, -0.2) is 54.7 Å². The summed E-state index contributed by atoms with van der Waals surface area (Å²) in [6.07, 6.45) is 2.11. The van der Waals surface area contributed by atoms with Gasteiger partial charge in [0.1, 0.15) is 0 Å². The van der Waals surface area contributed by atoms with Crippen LogP contribution in [0.15, 0.2) is 22.6 Å². The van der Waals surface area contributed by atoms with E-state index < -0.39 is 12.7 Å². The molecule has 1 amide bonds. The molecule has 2 heterocycles. The van der Waals surface area contributed by atoms with Gasteiger partial charge in [-0.25, -0.2) is 4.98 Å². The average Bonchev–Trinajstić information content (AvgIpc) is 3.47. The number of piperazine rings is 1. The lowest BCUT2D eigenvalue weighted by molar-refractivity contribution is -0.0515. The zero-order valence-corrected chi connectivity index (χ0v) is 18.1. The maximum atomic E-state index is 13.2. The third-order valence-electron chi connectivity index (χ3n) is 5.61. The Hall–Kier alpha value is -2.72. The number of aromatic nitrogens is 1. The van der Waals surface area contributed by atoms with Crippen LogP contribution in [0.3, 0.4) is 0 Å². The van der Waals surface area contributed by atoms with Crippen molar-refractivity contribution in [3.05, 3.63) is 29.7 Å². The number of nitrogens with one attached hydrogen (secondary N) is 1. The number of benzene rings is 1. The van der Waals surface area contributed by atoms with Crippen LogP contribution >= 0.6 is 0 Å². The van der Waals surface area contributed by atoms with E-state index in [2.05, 4.69) is 15.0 Å². The van der Waals surface area contributed by atoms with Gasteiger partial charge in [0.15, 0.2) is 23.0 Å². The fourth-order valence-corrected chi connectivity index (χ4v) is 3.64. The van der Waals surface area contributed by atoms with Gasteiger partial charge in [-0.2, -0.15) is 8.78 Å². The third-order valence-corrected chi connectivity index (χ3v) is 5.61. The second-order valence-electron chi connectivity index (χ2n) is 8.37. The summed E-state index contributed by atoms with van der Waals surface area (Å²) in [5.74, 6) is 0.749. The van der Waals surface area contributed by atoms with Crippen molar-refractivity contribution in [1.29, 1.82) is 0 Å². The van der Waals surface area contributed by atoms with Crippen molar-refractivity contribution in [2.45, 2.75) is 45.4 Å². The molecule has 1 aromatic heterocycles. The molecule has 2 unspecified atom stereocenters. The van der Waals surface area contributed by atoms with Crippen LogP contribution in [0.4, 0.5) is 8.78 Å². The van der Waals surface area contributed by atoms with Crippen molar-refractivity contribution in [1.82, 2.24) is 15.2 Å². The van der Waals surface area contributed by atoms with E-state index in [9.17, 15) is 13.6 Å². The fraction of sp³-hybridized carbons (Fsp3) is 0.545. The van der Waals surface area contributed by atoms with E-state index in [-0.39, 0.29) is 40.8 Å². The number of carbonyl (C=O) groups excluding carboxylic acids is 1. The van der Waals surface area contributed by atoms with E-state index in [4.69, 9.17) is 14.9 Å². The Labute approximate surface area is 185 Å². The summed E-state index contributed by atoms with van der Waals surface area (Å²) >= 11 is 0. The highest BCUT2D eigenvalue weighted by Gasteiger charge is 2.31. The van der Waals surface area contributed by atoms with Crippen LogP contribution in [0.5, 0.6) is 11.5 Å². The fourth-order valence-electron chi connectivity index (χ4n) is 3.64. The van der Waals surface area contributed by atoms with Crippen LogP contribution in [0, 0.1) is 5.92 Å². The van der Waals surface area contributed by atoms with E-state index in [1.807, 2.05) is 6.92 Å². The van der Waals surface area contributed by atoms with E-state index in [0.29, 0.717) is 37.7 Å². The second-order valence-corrected chi connectivity index (χ2v) is 8.37. The molecule has 2 fully saturated rings. The Morgan fingerprint density at radius 3 is 2.81 bits per heavy atom. The van der Waals surface area contributed by atoms with E-state index >= 15 is 0 Å². The summed E-state index contributed by atoms with van der Waals surface area (Å²) in [5.41, 5.74) is 6.70. The molecule has 1 aliphatic carbocycles. The monoisotopic (exact) mass is 450 g/mol. The number of hydrogen-bond donors (Lipinski definition) is 2. The predicted molar refractivity (Wildman–Crippen MR) is 113 cm³/mol. The van der Waals surface area contributed by atoms with Gasteiger partial charge in [-0.1, -0.05) is 0 Å². The molecule has 4 rings (SSSR count). The summed E-state index contributed by atoms with van der Waals surface area (Å²) in [6, 6.07) is 3.92. The van der Waals surface area contributed by atoms with Gasteiger partial charge < -0.3 is 29.8 Å². The molecule has 0 bridgehead atoms. The molecule has 2 atom stereocenters. The minimum absolute atomic E-state index is 0.00513. The number of ether oxygens (including phenoxy) is 2. The molecule has 3 N–H and O–H groups in total. The van der Waals surface area contributed by atoms with Crippen LogP contribution in [0.1, 0.15) is 49.0 Å². The number of oxazole rings is 1. The molecule has 2 aromatic rings. The lowest BCUT2D eigenvalue weighted by atomic mass is 10.1. The van der Waals surface area contributed by atoms with Gasteiger partial charge in [0.25, 0.3) is 5.91 Å². The lowest BCUT2D eigenvalue weighted by Crippen LogP contribution is -2.52. The molecule has 10 heteroatoms. The third kappa shape index (κ3) is 5.02. The number of carbonyl (C=O) groups is 1. The molecule has 8 nitrogen and oxygen atoms in total. The Balaban J connectivity index is 1.65. The molecule has 1 aromatic carbocycles. The number of amides is 1. The zero-order valence-electron chi connectivity index (χ0n) is 18.1. The number of rotatable bonds is 8. The summed E-state index contributed by atoms with van der Waals surface area (Å²) in [7, 11) is 0. The molecule has 1 aliphatic heterocycles.